The van der Waals surface area contributed by atoms with Crippen molar-refractivity contribution < 1.29 is 24.4 Å². The Labute approximate surface area is 151 Å². The third-order valence-electron chi connectivity index (χ3n) is 5.31. The summed E-state index contributed by atoms with van der Waals surface area (Å²) in [4.78, 5) is 0. The molecule has 2 aromatic rings. The third-order valence-corrected chi connectivity index (χ3v) is 5.31. The molecule has 5 unspecified atom stereocenters. The fourth-order valence-corrected chi connectivity index (χ4v) is 3.75. The highest BCUT2D eigenvalue weighted by Crippen LogP contribution is 2.54. The lowest BCUT2D eigenvalue weighted by molar-refractivity contribution is 0.0363. The van der Waals surface area contributed by atoms with Gasteiger partial charge in [0.15, 0.2) is 0 Å². The SMILES string of the molecule is CC1OCC2OC2c2c(O)ccc(C=Cc3ccc(O)cc3)c2C2OC12. The van der Waals surface area contributed by atoms with Crippen LogP contribution in [0.4, 0.5) is 0 Å². The van der Waals surface area contributed by atoms with Gasteiger partial charge < -0.3 is 24.4 Å². The van der Waals surface area contributed by atoms with Crippen molar-refractivity contribution in [3.8, 4) is 11.5 Å². The van der Waals surface area contributed by atoms with Crippen LogP contribution in [-0.4, -0.2) is 35.1 Å². The molecule has 2 aromatic carbocycles. The normalized spacial score (nSPS) is 32.0. The van der Waals surface area contributed by atoms with Gasteiger partial charge >= 0.3 is 0 Å². The Hall–Kier alpha value is -2.34. The summed E-state index contributed by atoms with van der Waals surface area (Å²) in [6.07, 6.45) is 3.78. The Morgan fingerprint density at radius 1 is 0.923 bits per heavy atom. The largest absolute Gasteiger partial charge is 0.508 e. The molecule has 5 heteroatoms. The van der Waals surface area contributed by atoms with Gasteiger partial charge in [-0.05, 0) is 36.2 Å². The molecule has 0 bridgehead atoms. The maximum Gasteiger partial charge on any atom is 0.121 e. The van der Waals surface area contributed by atoms with Gasteiger partial charge in [-0.2, -0.15) is 0 Å². The maximum atomic E-state index is 10.5. The van der Waals surface area contributed by atoms with Crippen LogP contribution in [0, 0.1) is 0 Å². The molecule has 5 rings (SSSR count). The fraction of sp³-hybridized carbons (Fsp3) is 0.333. The Morgan fingerprint density at radius 3 is 2.54 bits per heavy atom. The molecule has 0 radical (unpaired) electrons. The minimum Gasteiger partial charge on any atom is -0.508 e. The van der Waals surface area contributed by atoms with Gasteiger partial charge in [0.2, 0.25) is 0 Å². The van der Waals surface area contributed by atoms with Crippen molar-refractivity contribution in [2.24, 2.45) is 0 Å². The van der Waals surface area contributed by atoms with Crippen LogP contribution in [0.3, 0.4) is 0 Å². The van der Waals surface area contributed by atoms with Crippen LogP contribution in [0.2, 0.25) is 0 Å². The van der Waals surface area contributed by atoms with Crippen molar-refractivity contribution in [3.05, 3.63) is 58.7 Å². The molecule has 134 valence electrons. The molecule has 0 spiro atoms. The molecule has 3 aliphatic rings. The highest BCUT2D eigenvalue weighted by Gasteiger charge is 2.53. The second kappa shape index (κ2) is 5.84. The molecular formula is C21H20O5. The predicted molar refractivity (Wildman–Crippen MR) is 95.8 cm³/mol. The van der Waals surface area contributed by atoms with E-state index in [2.05, 4.69) is 0 Å². The van der Waals surface area contributed by atoms with Crippen LogP contribution >= 0.6 is 0 Å². The molecule has 3 aliphatic heterocycles. The minimum absolute atomic E-state index is 0.00377. The van der Waals surface area contributed by atoms with Crippen molar-refractivity contribution in [3.63, 3.8) is 0 Å². The second-order valence-corrected chi connectivity index (χ2v) is 7.08. The first kappa shape index (κ1) is 15.9. The van der Waals surface area contributed by atoms with E-state index in [1.807, 2.05) is 37.3 Å². The maximum absolute atomic E-state index is 10.5. The Morgan fingerprint density at radius 2 is 1.73 bits per heavy atom. The summed E-state index contributed by atoms with van der Waals surface area (Å²) < 4.78 is 17.5. The van der Waals surface area contributed by atoms with E-state index in [4.69, 9.17) is 14.2 Å². The van der Waals surface area contributed by atoms with Crippen molar-refractivity contribution in [2.75, 3.05) is 6.61 Å². The molecule has 0 saturated carbocycles. The first-order valence-corrected chi connectivity index (χ1v) is 8.87. The van der Waals surface area contributed by atoms with Gasteiger partial charge in [0.1, 0.15) is 35.9 Å². The molecule has 0 amide bonds. The van der Waals surface area contributed by atoms with Gasteiger partial charge in [-0.3, -0.25) is 0 Å². The lowest BCUT2D eigenvalue weighted by Gasteiger charge is -2.12. The lowest BCUT2D eigenvalue weighted by atomic mass is 9.92. The van der Waals surface area contributed by atoms with E-state index >= 15 is 0 Å². The summed E-state index contributed by atoms with van der Waals surface area (Å²) in [5, 5.41) is 19.9. The van der Waals surface area contributed by atoms with Crippen molar-refractivity contribution in [1.29, 1.82) is 0 Å². The van der Waals surface area contributed by atoms with E-state index in [9.17, 15) is 10.2 Å². The smallest absolute Gasteiger partial charge is 0.121 e. The quantitative estimate of drug-likeness (QED) is 0.638. The number of hydrogen-bond donors (Lipinski definition) is 2. The average Bonchev–Trinajstić information content (AvgIpc) is 3.54. The van der Waals surface area contributed by atoms with Crippen molar-refractivity contribution >= 4 is 12.2 Å². The topological polar surface area (TPSA) is 74.8 Å². The van der Waals surface area contributed by atoms with Gasteiger partial charge in [0, 0.05) is 11.1 Å². The molecule has 2 saturated heterocycles. The van der Waals surface area contributed by atoms with Crippen LogP contribution in [0.5, 0.6) is 11.5 Å². The van der Waals surface area contributed by atoms with E-state index in [-0.39, 0.29) is 42.0 Å². The number of fused-ring (bicyclic) bond motifs is 5. The first-order valence-electron chi connectivity index (χ1n) is 8.87. The average molecular weight is 352 g/mol. The van der Waals surface area contributed by atoms with Gasteiger partial charge in [0.25, 0.3) is 0 Å². The Kier molecular flexibility index (Phi) is 3.57. The number of phenolic OH excluding ortho intramolecular Hbond substituents is 2. The third kappa shape index (κ3) is 2.69. The van der Waals surface area contributed by atoms with Crippen molar-refractivity contribution in [2.45, 2.75) is 37.4 Å². The summed E-state index contributed by atoms with van der Waals surface area (Å²) >= 11 is 0. The zero-order chi connectivity index (χ0) is 17.8. The number of rotatable bonds is 2. The Bertz CT molecular complexity index is 873. The summed E-state index contributed by atoms with van der Waals surface area (Å²) in [7, 11) is 0. The van der Waals surface area contributed by atoms with Gasteiger partial charge in [-0.25, -0.2) is 0 Å². The van der Waals surface area contributed by atoms with Gasteiger partial charge in [-0.1, -0.05) is 30.4 Å². The molecule has 0 aliphatic carbocycles. The zero-order valence-electron chi connectivity index (χ0n) is 14.3. The molecule has 3 heterocycles. The standard InChI is InChI=1S/C21H20O5/c1-11-19-21(26-19)17-13(5-2-12-3-7-14(22)8-4-12)6-9-15(23)18(17)20-16(25-20)10-24-11/h2-9,11,16,19-23H,10H2,1H3. The molecule has 26 heavy (non-hydrogen) atoms. The summed E-state index contributed by atoms with van der Waals surface area (Å²) in [5.41, 5.74) is 3.81. The first-order chi connectivity index (χ1) is 12.6. The minimum atomic E-state index is -0.137. The summed E-state index contributed by atoms with van der Waals surface area (Å²) in [5.74, 6) is 0.492. The van der Waals surface area contributed by atoms with E-state index in [1.165, 1.54) is 0 Å². The molecule has 5 atom stereocenters. The zero-order valence-corrected chi connectivity index (χ0v) is 14.3. The van der Waals surface area contributed by atoms with Crippen molar-refractivity contribution in [1.82, 2.24) is 0 Å². The molecule has 0 aromatic heterocycles. The van der Waals surface area contributed by atoms with E-state index in [0.717, 1.165) is 22.3 Å². The second-order valence-electron chi connectivity index (χ2n) is 7.08. The number of benzene rings is 2. The van der Waals surface area contributed by atoms with Crippen LogP contribution in [0.25, 0.3) is 12.2 Å². The number of ether oxygens (including phenoxy) is 3. The Balaban J connectivity index is 1.56. The van der Waals surface area contributed by atoms with E-state index < -0.39 is 0 Å². The molecular weight excluding hydrogens is 332 g/mol. The van der Waals surface area contributed by atoms with Crippen LogP contribution < -0.4 is 0 Å². The highest BCUT2D eigenvalue weighted by molar-refractivity contribution is 5.73. The number of phenols is 2. The fourth-order valence-electron chi connectivity index (χ4n) is 3.75. The van der Waals surface area contributed by atoms with E-state index in [1.54, 1.807) is 18.2 Å². The summed E-state index contributed by atoms with van der Waals surface area (Å²) in [6, 6.07) is 10.7. The lowest BCUT2D eigenvalue weighted by Crippen LogP contribution is -2.18. The van der Waals surface area contributed by atoms with Gasteiger partial charge in [0.05, 0.1) is 12.7 Å². The van der Waals surface area contributed by atoms with Gasteiger partial charge in [-0.15, -0.1) is 0 Å². The highest BCUT2D eigenvalue weighted by atomic mass is 16.6. The van der Waals surface area contributed by atoms with Crippen LogP contribution in [0.1, 0.15) is 41.4 Å². The van der Waals surface area contributed by atoms with Crippen LogP contribution in [0.15, 0.2) is 36.4 Å². The van der Waals surface area contributed by atoms with Crippen LogP contribution in [-0.2, 0) is 14.2 Å². The van der Waals surface area contributed by atoms with E-state index in [0.29, 0.717) is 6.61 Å². The number of epoxide rings is 2. The molecule has 2 N–H and O–H groups in total. The monoisotopic (exact) mass is 352 g/mol. The molecule has 2 fully saturated rings. The molecule has 5 nitrogen and oxygen atoms in total. The summed E-state index contributed by atoms with van der Waals surface area (Å²) in [6.45, 7) is 2.53. The predicted octanol–water partition coefficient (Wildman–Crippen LogP) is 3.57. The number of hydrogen-bond acceptors (Lipinski definition) is 5. The number of aromatic hydroxyl groups is 2.